The number of hydrogen-bond acceptors (Lipinski definition) is 6. The minimum Gasteiger partial charge on any atom is -0.496 e. The number of benzene rings is 1. The number of rotatable bonds is 6. The standard InChI is InChI=1S/C21H24F3N3O3S/c1-14-7-8-26(19-6-4-16(13-25-19)21(22,23)24)9-10-27(14)31-18-11-15(12-20(28)29)3-5-17(18)30-2/h3-6,11,13-14H,7-10,12H2,1-2H3,(H,28,29). The zero-order valence-electron chi connectivity index (χ0n) is 17.2. The van der Waals surface area contributed by atoms with Crippen molar-refractivity contribution >= 4 is 23.7 Å². The Morgan fingerprint density at radius 3 is 2.65 bits per heavy atom. The maximum Gasteiger partial charge on any atom is 0.417 e. The van der Waals surface area contributed by atoms with Crippen molar-refractivity contribution in [2.75, 3.05) is 31.6 Å². The molecule has 10 heteroatoms. The lowest BCUT2D eigenvalue weighted by atomic mass is 10.1. The number of aliphatic carboxylic acids is 1. The summed E-state index contributed by atoms with van der Waals surface area (Å²) in [4.78, 5) is 17.9. The SMILES string of the molecule is COc1ccc(CC(=O)O)cc1SN1CCN(c2ccc(C(F)(F)F)cn2)CCC1C. The molecule has 0 radical (unpaired) electrons. The molecule has 1 fully saturated rings. The Morgan fingerprint density at radius 2 is 2.03 bits per heavy atom. The van der Waals surface area contributed by atoms with Crippen molar-refractivity contribution in [2.24, 2.45) is 0 Å². The van der Waals surface area contributed by atoms with E-state index in [0.717, 1.165) is 23.6 Å². The van der Waals surface area contributed by atoms with Crippen LogP contribution in [-0.2, 0) is 17.4 Å². The molecule has 1 saturated heterocycles. The van der Waals surface area contributed by atoms with Crippen molar-refractivity contribution in [2.45, 2.75) is 36.9 Å². The first-order valence-electron chi connectivity index (χ1n) is 9.79. The number of carbonyl (C=O) groups is 1. The predicted octanol–water partition coefficient (Wildman–Crippen LogP) is 4.34. The van der Waals surface area contributed by atoms with Crippen molar-refractivity contribution in [3.8, 4) is 5.75 Å². The van der Waals surface area contributed by atoms with Crippen LogP contribution in [0.5, 0.6) is 5.75 Å². The Kier molecular flexibility index (Phi) is 7.32. The van der Waals surface area contributed by atoms with Crippen LogP contribution in [0.4, 0.5) is 19.0 Å². The molecule has 1 N–H and O–H groups in total. The van der Waals surface area contributed by atoms with E-state index in [1.54, 1.807) is 19.2 Å². The van der Waals surface area contributed by atoms with Gasteiger partial charge in [-0.25, -0.2) is 9.29 Å². The molecule has 1 aliphatic rings. The summed E-state index contributed by atoms with van der Waals surface area (Å²) in [5, 5.41) is 9.06. The first-order chi connectivity index (χ1) is 14.7. The molecule has 6 nitrogen and oxygen atoms in total. The number of aromatic nitrogens is 1. The third kappa shape index (κ3) is 6.04. The second-order valence-electron chi connectivity index (χ2n) is 7.32. The second kappa shape index (κ2) is 9.78. The van der Waals surface area contributed by atoms with Gasteiger partial charge in [-0.15, -0.1) is 0 Å². The zero-order valence-corrected chi connectivity index (χ0v) is 18.0. The third-order valence-corrected chi connectivity index (χ3v) is 6.39. The normalized spacial score (nSPS) is 18.0. The van der Waals surface area contributed by atoms with E-state index in [4.69, 9.17) is 9.84 Å². The van der Waals surface area contributed by atoms with Crippen LogP contribution in [0.25, 0.3) is 0 Å². The summed E-state index contributed by atoms with van der Waals surface area (Å²) in [7, 11) is 1.57. The highest BCUT2D eigenvalue weighted by Crippen LogP contribution is 2.35. The van der Waals surface area contributed by atoms with Crippen LogP contribution in [-0.4, -0.2) is 53.2 Å². The number of nitrogens with zero attached hydrogens (tertiary/aromatic N) is 3. The summed E-state index contributed by atoms with van der Waals surface area (Å²) in [5.74, 6) is 0.286. The van der Waals surface area contributed by atoms with Gasteiger partial charge in [-0.05, 0) is 55.1 Å². The monoisotopic (exact) mass is 455 g/mol. The fourth-order valence-electron chi connectivity index (χ4n) is 3.35. The average Bonchev–Trinajstić information content (AvgIpc) is 2.89. The molecule has 1 aliphatic heterocycles. The molecule has 2 heterocycles. The summed E-state index contributed by atoms with van der Waals surface area (Å²) < 4.78 is 46.0. The van der Waals surface area contributed by atoms with Gasteiger partial charge in [0.1, 0.15) is 11.6 Å². The molecule has 1 atom stereocenters. The highest BCUT2D eigenvalue weighted by atomic mass is 32.2. The summed E-state index contributed by atoms with van der Waals surface area (Å²) in [6, 6.07) is 7.99. The van der Waals surface area contributed by atoms with Gasteiger partial charge in [0, 0.05) is 31.9 Å². The van der Waals surface area contributed by atoms with E-state index < -0.39 is 17.7 Å². The molecule has 168 valence electrons. The van der Waals surface area contributed by atoms with Crippen LogP contribution in [0.15, 0.2) is 41.4 Å². The molecule has 1 aromatic heterocycles. The topological polar surface area (TPSA) is 65.9 Å². The minimum atomic E-state index is -4.40. The number of alkyl halides is 3. The molecule has 3 rings (SSSR count). The van der Waals surface area contributed by atoms with Gasteiger partial charge in [0.25, 0.3) is 0 Å². The van der Waals surface area contributed by atoms with Crippen molar-refractivity contribution < 1.29 is 27.8 Å². The average molecular weight is 456 g/mol. The van der Waals surface area contributed by atoms with E-state index in [1.165, 1.54) is 18.0 Å². The van der Waals surface area contributed by atoms with Gasteiger partial charge in [-0.1, -0.05) is 6.07 Å². The number of pyridine rings is 1. The molecule has 0 amide bonds. The smallest absolute Gasteiger partial charge is 0.417 e. The zero-order chi connectivity index (χ0) is 22.6. The Bertz CT molecular complexity index is 909. The van der Waals surface area contributed by atoms with Crippen molar-refractivity contribution in [1.29, 1.82) is 0 Å². The van der Waals surface area contributed by atoms with Gasteiger partial charge in [-0.2, -0.15) is 13.2 Å². The molecule has 31 heavy (non-hydrogen) atoms. The van der Waals surface area contributed by atoms with Gasteiger partial charge in [0.15, 0.2) is 0 Å². The Hall–Kier alpha value is -2.46. The predicted molar refractivity (Wildman–Crippen MR) is 112 cm³/mol. The van der Waals surface area contributed by atoms with Crippen LogP contribution in [0.3, 0.4) is 0 Å². The van der Waals surface area contributed by atoms with Crippen LogP contribution < -0.4 is 9.64 Å². The lowest BCUT2D eigenvalue weighted by Gasteiger charge is -2.26. The largest absolute Gasteiger partial charge is 0.496 e. The Morgan fingerprint density at radius 1 is 1.26 bits per heavy atom. The minimum absolute atomic E-state index is 0.0690. The van der Waals surface area contributed by atoms with Gasteiger partial charge in [0.05, 0.1) is 24.0 Å². The molecule has 0 saturated carbocycles. The van der Waals surface area contributed by atoms with E-state index in [1.807, 2.05) is 11.0 Å². The van der Waals surface area contributed by atoms with E-state index in [9.17, 15) is 18.0 Å². The van der Waals surface area contributed by atoms with Gasteiger partial charge in [0.2, 0.25) is 0 Å². The maximum atomic E-state index is 12.8. The fourth-order valence-corrected chi connectivity index (χ4v) is 4.50. The number of carboxylic acid groups (broad SMARTS) is 1. The van der Waals surface area contributed by atoms with Gasteiger partial charge < -0.3 is 14.7 Å². The highest BCUT2D eigenvalue weighted by Gasteiger charge is 2.31. The quantitative estimate of drug-likeness (QED) is 0.650. The summed E-state index contributed by atoms with van der Waals surface area (Å²) in [6.07, 6.45) is -2.80. The first-order valence-corrected chi connectivity index (χ1v) is 10.6. The summed E-state index contributed by atoms with van der Waals surface area (Å²) >= 11 is 1.50. The molecule has 0 bridgehead atoms. The van der Waals surface area contributed by atoms with Gasteiger partial charge >= 0.3 is 12.1 Å². The Labute approximate surface area is 183 Å². The molecule has 0 aliphatic carbocycles. The van der Waals surface area contributed by atoms with Crippen LogP contribution >= 0.6 is 11.9 Å². The molecular weight excluding hydrogens is 431 g/mol. The highest BCUT2D eigenvalue weighted by molar-refractivity contribution is 7.97. The van der Waals surface area contributed by atoms with Crippen molar-refractivity contribution in [1.82, 2.24) is 9.29 Å². The third-order valence-electron chi connectivity index (χ3n) is 5.10. The van der Waals surface area contributed by atoms with Crippen LogP contribution in [0.1, 0.15) is 24.5 Å². The van der Waals surface area contributed by atoms with E-state index in [0.29, 0.717) is 36.8 Å². The van der Waals surface area contributed by atoms with Gasteiger partial charge in [-0.3, -0.25) is 4.79 Å². The molecule has 1 unspecified atom stereocenters. The number of hydrogen-bond donors (Lipinski definition) is 1. The van der Waals surface area contributed by atoms with E-state index >= 15 is 0 Å². The van der Waals surface area contributed by atoms with E-state index in [2.05, 4.69) is 16.2 Å². The number of ether oxygens (including phenoxy) is 1. The van der Waals surface area contributed by atoms with Crippen molar-refractivity contribution in [3.05, 3.63) is 47.7 Å². The number of methoxy groups -OCH3 is 1. The lowest BCUT2D eigenvalue weighted by Crippen LogP contribution is -2.30. The number of halogens is 3. The second-order valence-corrected chi connectivity index (χ2v) is 8.41. The van der Waals surface area contributed by atoms with Crippen LogP contribution in [0, 0.1) is 0 Å². The summed E-state index contributed by atoms with van der Waals surface area (Å²) in [6.45, 7) is 4.02. The fraction of sp³-hybridized carbons (Fsp3) is 0.429. The maximum absolute atomic E-state index is 12.8. The van der Waals surface area contributed by atoms with Crippen molar-refractivity contribution in [3.63, 3.8) is 0 Å². The Balaban J connectivity index is 1.72. The summed E-state index contributed by atoms with van der Waals surface area (Å²) in [5.41, 5.74) is -0.0705. The lowest BCUT2D eigenvalue weighted by molar-refractivity contribution is -0.138. The molecule has 1 aromatic carbocycles. The number of carboxylic acids is 1. The first kappa shape index (κ1) is 23.2. The number of anilines is 1. The molecular formula is C21H24F3N3O3S. The van der Waals surface area contributed by atoms with Crippen LogP contribution in [0.2, 0.25) is 0 Å². The van der Waals surface area contributed by atoms with E-state index in [-0.39, 0.29) is 12.5 Å². The molecule has 0 spiro atoms. The molecule has 2 aromatic rings.